The number of aromatic nitrogens is 3. The second-order valence-electron chi connectivity index (χ2n) is 20.1. The molecule has 4 aliphatic rings. The van der Waals surface area contributed by atoms with E-state index < -0.39 is 23.7 Å². The highest BCUT2D eigenvalue weighted by atomic mass is 19.4. The van der Waals surface area contributed by atoms with Gasteiger partial charge in [0.1, 0.15) is 18.2 Å². The van der Waals surface area contributed by atoms with Gasteiger partial charge < -0.3 is 46.4 Å². The Labute approximate surface area is 418 Å². The Morgan fingerprint density at radius 2 is 1.64 bits per heavy atom. The van der Waals surface area contributed by atoms with Gasteiger partial charge >= 0.3 is 6.18 Å². The van der Waals surface area contributed by atoms with Crippen LogP contribution in [-0.2, 0) is 39.7 Å². The molecule has 4 heterocycles. The third kappa shape index (κ3) is 14.4. The molecule has 2 saturated heterocycles. The van der Waals surface area contributed by atoms with Crippen LogP contribution in [0.1, 0.15) is 114 Å². The highest BCUT2D eigenvalue weighted by molar-refractivity contribution is 5.94. The van der Waals surface area contributed by atoms with E-state index in [1.54, 1.807) is 30.4 Å². The summed E-state index contributed by atoms with van der Waals surface area (Å²) in [5, 5.41) is 19.1. The maximum Gasteiger partial charge on any atom is 0.416 e. The van der Waals surface area contributed by atoms with Gasteiger partial charge in [0.05, 0.1) is 41.7 Å². The van der Waals surface area contributed by atoms with Gasteiger partial charge in [-0.25, -0.2) is 9.97 Å². The van der Waals surface area contributed by atoms with Crippen molar-refractivity contribution in [3.05, 3.63) is 60.2 Å². The van der Waals surface area contributed by atoms with E-state index in [-0.39, 0.29) is 109 Å². The monoisotopic (exact) mass is 1010 g/mol. The van der Waals surface area contributed by atoms with Crippen LogP contribution in [0.4, 0.5) is 19.0 Å². The summed E-state index contributed by atoms with van der Waals surface area (Å²) in [7, 11) is 1.69. The molecule has 0 radical (unpaired) electrons. The fourth-order valence-electron chi connectivity index (χ4n) is 10.5. The molecule has 0 spiro atoms. The second-order valence-corrected chi connectivity index (χ2v) is 20.1. The zero-order valence-corrected chi connectivity index (χ0v) is 41.5. The Balaban J connectivity index is 0.778. The Bertz CT molecular complexity index is 2350. The van der Waals surface area contributed by atoms with Crippen molar-refractivity contribution in [2.75, 3.05) is 51.8 Å². The highest BCUT2D eigenvalue weighted by Gasteiger charge is 2.44. The summed E-state index contributed by atoms with van der Waals surface area (Å²) in [6.07, 6.45) is 6.63. The summed E-state index contributed by atoms with van der Waals surface area (Å²) in [4.78, 5) is 94.4. The number of fused-ring (bicyclic) bond motifs is 1. The van der Waals surface area contributed by atoms with E-state index in [1.807, 2.05) is 11.0 Å². The number of halogens is 3. The van der Waals surface area contributed by atoms with Crippen LogP contribution in [0.5, 0.6) is 0 Å². The van der Waals surface area contributed by atoms with Crippen molar-refractivity contribution in [1.82, 2.24) is 51.3 Å². The molecule has 72 heavy (non-hydrogen) atoms. The van der Waals surface area contributed by atoms with Gasteiger partial charge in [0.2, 0.25) is 35.4 Å². The van der Waals surface area contributed by atoms with Crippen LogP contribution < -0.4 is 31.9 Å². The fraction of sp³-hybridized carbons (Fsp3) is 0.627. The maximum absolute atomic E-state index is 14.0. The lowest BCUT2D eigenvalue weighted by Crippen LogP contribution is -2.59. The predicted molar refractivity (Wildman–Crippen MR) is 262 cm³/mol. The van der Waals surface area contributed by atoms with E-state index in [0.717, 1.165) is 30.7 Å². The lowest BCUT2D eigenvalue weighted by atomic mass is 9.83. The minimum atomic E-state index is -4.55. The molecule has 2 saturated carbocycles. The summed E-state index contributed by atoms with van der Waals surface area (Å²) in [5.74, 6) is -1.03. The number of carbonyl (C=O) groups excluding carboxylic acids is 6. The first-order valence-corrected chi connectivity index (χ1v) is 25.6. The van der Waals surface area contributed by atoms with Gasteiger partial charge in [-0.1, -0.05) is 19.9 Å². The first-order valence-electron chi connectivity index (χ1n) is 25.6. The summed E-state index contributed by atoms with van der Waals surface area (Å²) in [6.45, 7) is 6.83. The van der Waals surface area contributed by atoms with Gasteiger partial charge in [-0.3, -0.25) is 33.8 Å². The van der Waals surface area contributed by atoms with E-state index in [4.69, 9.17) is 4.74 Å². The van der Waals surface area contributed by atoms with E-state index >= 15 is 0 Å². The molecule has 2 aliphatic heterocycles. The molecule has 6 atom stereocenters. The molecular weight excluding hydrogens is 936 g/mol. The molecule has 6 amide bonds. The summed E-state index contributed by atoms with van der Waals surface area (Å²) in [6, 6.07) is 5.33. The standard InChI is InChI=1S/C51H70F3N11O7/c1-31(2)28-58-36-14-16-42(65-22-17-40(50(65)71)62-47-37-25-34(51(52,53)54)11-15-39(37)59-30-60-47)41(26-36)63-48(69)32-9-12-35(13-10-32)61-44(67)18-24-72-23-6-21-56-43(66)8-5-20-57-49(70)38-27-45(68)64(3)46(38)33-7-4-19-55-29-33/h4,7,11,15,19,25,29-32,35-36,38,40-42,46,58H,5-6,8-10,12-14,16-18,20-24,26-28H2,1-3H3,(H,56,66)(H,57,70)(H,61,67)(H,63,69)(H,59,60,62)/t32?,35?,36-,38+,40+,41-,42+,46-/m1/s1. The Hall–Kier alpha value is -5.96. The molecular formula is C51H70F3N11O7. The molecule has 0 bridgehead atoms. The summed E-state index contributed by atoms with van der Waals surface area (Å²) < 4.78 is 46.4. The molecule has 2 aromatic heterocycles. The van der Waals surface area contributed by atoms with Crippen LogP contribution >= 0.6 is 0 Å². The molecule has 1 aromatic carbocycles. The number of rotatable bonds is 22. The van der Waals surface area contributed by atoms with E-state index in [9.17, 15) is 41.9 Å². The molecule has 3 aromatic rings. The number of hydrogen-bond acceptors (Lipinski definition) is 12. The number of carbonyl (C=O) groups is 6. The predicted octanol–water partition coefficient (Wildman–Crippen LogP) is 4.41. The number of ether oxygens (including phenoxy) is 1. The number of nitrogens with zero attached hydrogens (tertiary/aromatic N) is 5. The van der Waals surface area contributed by atoms with Crippen molar-refractivity contribution < 1.29 is 46.7 Å². The van der Waals surface area contributed by atoms with E-state index in [2.05, 4.69) is 60.7 Å². The second kappa shape index (κ2) is 25.1. The number of benzene rings is 1. The average molecular weight is 1010 g/mol. The lowest BCUT2D eigenvalue weighted by Gasteiger charge is -2.42. The van der Waals surface area contributed by atoms with Crippen molar-refractivity contribution in [2.45, 2.75) is 140 Å². The first-order chi connectivity index (χ1) is 34.5. The summed E-state index contributed by atoms with van der Waals surface area (Å²) >= 11 is 0. The van der Waals surface area contributed by atoms with Crippen molar-refractivity contribution in [3.8, 4) is 0 Å². The van der Waals surface area contributed by atoms with Gasteiger partial charge in [0, 0.05) is 88.3 Å². The quantitative estimate of drug-likeness (QED) is 0.0770. The smallest absolute Gasteiger partial charge is 0.381 e. The number of hydrogen-bond donors (Lipinski definition) is 6. The minimum absolute atomic E-state index is 0.0618. The zero-order valence-electron chi connectivity index (χ0n) is 41.5. The SMILES string of the molecule is CC(C)CN[C@@H]1CC[C@H](N2CC[C@H](Nc3ncnc4ccc(C(F)(F)F)cc34)C2=O)[C@H](NC(=O)C2CCC(NC(=O)CCOCCCNC(=O)CCCNC(=O)[C@H]3CC(=O)N(C)[C@@H]3c3cccnc3)CC2)C1. The average Bonchev–Trinajstić information content (AvgIpc) is 3.87. The molecule has 0 unspecified atom stereocenters. The van der Waals surface area contributed by atoms with Crippen molar-refractivity contribution >= 4 is 52.2 Å². The Kier molecular flexibility index (Phi) is 18.8. The van der Waals surface area contributed by atoms with Gasteiger partial charge in [-0.2, -0.15) is 13.2 Å². The number of nitrogens with one attached hydrogen (secondary N) is 6. The minimum Gasteiger partial charge on any atom is -0.381 e. The Morgan fingerprint density at radius 1 is 0.861 bits per heavy atom. The van der Waals surface area contributed by atoms with Crippen LogP contribution in [0.15, 0.2) is 49.1 Å². The number of alkyl halides is 3. The topological polar surface area (TPSA) is 229 Å². The molecule has 21 heteroatoms. The molecule has 2 aliphatic carbocycles. The Morgan fingerprint density at radius 3 is 2.39 bits per heavy atom. The number of amides is 6. The van der Waals surface area contributed by atoms with Gasteiger partial charge in [-0.05, 0) is 106 Å². The lowest BCUT2D eigenvalue weighted by molar-refractivity contribution is -0.137. The van der Waals surface area contributed by atoms with Gasteiger partial charge in [-0.15, -0.1) is 0 Å². The third-order valence-corrected chi connectivity index (χ3v) is 14.4. The van der Waals surface area contributed by atoms with Crippen LogP contribution in [0.2, 0.25) is 0 Å². The van der Waals surface area contributed by atoms with Crippen LogP contribution in [0.3, 0.4) is 0 Å². The van der Waals surface area contributed by atoms with Crippen molar-refractivity contribution in [1.29, 1.82) is 0 Å². The third-order valence-electron chi connectivity index (χ3n) is 14.4. The largest absolute Gasteiger partial charge is 0.416 e. The van der Waals surface area contributed by atoms with Gasteiger partial charge in [0.25, 0.3) is 0 Å². The number of likely N-dealkylation sites (tertiary alicyclic amines) is 2. The number of pyridine rings is 1. The molecule has 4 fully saturated rings. The van der Waals surface area contributed by atoms with Crippen LogP contribution in [-0.4, -0.2) is 137 Å². The molecule has 7 rings (SSSR count). The normalized spacial score (nSPS) is 24.7. The first kappa shape index (κ1) is 53.8. The van der Waals surface area contributed by atoms with Crippen molar-refractivity contribution in [2.24, 2.45) is 17.8 Å². The van der Waals surface area contributed by atoms with Crippen LogP contribution in [0, 0.1) is 17.8 Å². The molecule has 6 N–H and O–H groups in total. The van der Waals surface area contributed by atoms with Gasteiger partial charge in [0.15, 0.2) is 0 Å². The van der Waals surface area contributed by atoms with E-state index in [0.29, 0.717) is 95.5 Å². The fourth-order valence-corrected chi connectivity index (χ4v) is 10.5. The summed E-state index contributed by atoms with van der Waals surface area (Å²) in [5.41, 5.74) is 0.299. The van der Waals surface area contributed by atoms with Crippen LogP contribution in [0.25, 0.3) is 10.9 Å². The van der Waals surface area contributed by atoms with Crippen molar-refractivity contribution in [3.63, 3.8) is 0 Å². The van der Waals surface area contributed by atoms with E-state index in [1.165, 1.54) is 12.4 Å². The molecule has 392 valence electrons. The molecule has 18 nitrogen and oxygen atoms in total. The maximum atomic E-state index is 14.0. The number of anilines is 1. The zero-order chi connectivity index (χ0) is 51.4. The highest BCUT2D eigenvalue weighted by Crippen LogP contribution is 2.37.